The van der Waals surface area contributed by atoms with Gasteiger partial charge < -0.3 is 5.32 Å². The Morgan fingerprint density at radius 1 is 1.39 bits per heavy atom. The van der Waals surface area contributed by atoms with Crippen molar-refractivity contribution >= 4 is 39.6 Å². The zero-order chi connectivity index (χ0) is 13.3. The summed E-state index contributed by atoms with van der Waals surface area (Å²) in [5.41, 5.74) is 0. The van der Waals surface area contributed by atoms with Crippen LogP contribution < -0.4 is 5.32 Å². The van der Waals surface area contributed by atoms with Crippen molar-refractivity contribution in [1.29, 1.82) is 0 Å². The third-order valence-corrected chi connectivity index (χ3v) is 4.10. The molecule has 0 saturated heterocycles. The second kappa shape index (κ2) is 5.02. The van der Waals surface area contributed by atoms with E-state index in [4.69, 9.17) is 11.6 Å². The van der Waals surface area contributed by atoms with Crippen molar-refractivity contribution in [3.8, 4) is 0 Å². The lowest BCUT2D eigenvalue weighted by Gasteiger charge is -2.09. The van der Waals surface area contributed by atoms with E-state index in [9.17, 15) is 13.2 Å². The highest BCUT2D eigenvalue weighted by molar-refractivity contribution is 7.16. The summed E-state index contributed by atoms with van der Waals surface area (Å²) >= 11 is 7.84. The number of aromatic nitrogens is 2. The van der Waals surface area contributed by atoms with Gasteiger partial charge in [-0.15, -0.1) is 11.3 Å². The highest BCUT2D eigenvalue weighted by Gasteiger charge is 2.36. The van der Waals surface area contributed by atoms with Gasteiger partial charge in [-0.1, -0.05) is 11.6 Å². The van der Waals surface area contributed by atoms with Crippen molar-refractivity contribution in [2.75, 3.05) is 5.32 Å². The Balaban J connectivity index is 2.08. The van der Waals surface area contributed by atoms with E-state index >= 15 is 0 Å². The summed E-state index contributed by atoms with van der Waals surface area (Å²) in [4.78, 5) is 4.32. The molecule has 9 heteroatoms. The van der Waals surface area contributed by atoms with Crippen LogP contribution in [0, 0.1) is 0 Å². The van der Waals surface area contributed by atoms with Gasteiger partial charge in [0.25, 0.3) is 0 Å². The lowest BCUT2D eigenvalue weighted by Crippen LogP contribution is -2.08. The van der Waals surface area contributed by atoms with E-state index in [0.29, 0.717) is 15.9 Å². The quantitative estimate of drug-likeness (QED) is 0.910. The molecule has 3 nitrogen and oxygen atoms in total. The molecule has 0 aromatic carbocycles. The van der Waals surface area contributed by atoms with Crippen molar-refractivity contribution in [2.24, 2.45) is 0 Å². The van der Waals surface area contributed by atoms with E-state index in [1.807, 2.05) is 13.0 Å². The molecule has 1 N–H and O–H groups in total. The van der Waals surface area contributed by atoms with Gasteiger partial charge in [-0.05, 0) is 19.1 Å². The average molecular weight is 314 g/mol. The lowest BCUT2D eigenvalue weighted by molar-refractivity contribution is -0.144. The first kappa shape index (κ1) is 13.6. The highest BCUT2D eigenvalue weighted by atomic mass is 35.5. The number of nitrogens with one attached hydrogen (secondary N) is 1. The van der Waals surface area contributed by atoms with Crippen LogP contribution in [0.5, 0.6) is 0 Å². The van der Waals surface area contributed by atoms with E-state index in [0.717, 1.165) is 4.88 Å². The Kier molecular flexibility index (Phi) is 3.79. The zero-order valence-corrected chi connectivity index (χ0v) is 11.3. The van der Waals surface area contributed by atoms with Crippen LogP contribution in [0.4, 0.5) is 18.3 Å². The molecule has 1 unspecified atom stereocenters. The summed E-state index contributed by atoms with van der Waals surface area (Å²) in [6, 6.07) is 3.38. The standard InChI is InChI=1S/C9H7ClF3N3S2/c1-4(5-2-3-6(10)17-5)14-8-15-7(16-18-8)9(11,12)13/h2-4H,1H3,(H,14,15,16). The van der Waals surface area contributed by atoms with Gasteiger partial charge in [0.05, 0.1) is 10.4 Å². The summed E-state index contributed by atoms with van der Waals surface area (Å²) in [7, 11) is 0. The van der Waals surface area contributed by atoms with Crippen LogP contribution in [0.15, 0.2) is 12.1 Å². The molecule has 0 saturated carbocycles. The zero-order valence-electron chi connectivity index (χ0n) is 8.95. The molecule has 98 valence electrons. The van der Waals surface area contributed by atoms with Crippen LogP contribution in [-0.2, 0) is 6.18 Å². The first-order valence-corrected chi connectivity index (χ1v) is 6.75. The van der Waals surface area contributed by atoms with Gasteiger partial charge in [0.15, 0.2) is 0 Å². The molecule has 18 heavy (non-hydrogen) atoms. The van der Waals surface area contributed by atoms with Gasteiger partial charge in [0, 0.05) is 16.4 Å². The minimum Gasteiger partial charge on any atom is -0.353 e. The minimum atomic E-state index is -4.51. The molecule has 0 radical (unpaired) electrons. The van der Waals surface area contributed by atoms with Gasteiger partial charge in [-0.25, -0.2) is 0 Å². The third kappa shape index (κ3) is 3.12. The Hall–Kier alpha value is -0.860. The maximum atomic E-state index is 12.3. The number of halogens is 4. The van der Waals surface area contributed by atoms with E-state index in [1.165, 1.54) is 11.3 Å². The summed E-state index contributed by atoms with van der Waals surface area (Å²) < 4.78 is 40.8. The molecule has 0 amide bonds. The SMILES string of the molecule is CC(Nc1nc(C(F)(F)F)ns1)c1ccc(Cl)s1. The topological polar surface area (TPSA) is 37.8 Å². The Labute approximate surface area is 114 Å². The second-order valence-corrected chi connectivity index (χ2v) is 5.93. The first-order valence-electron chi connectivity index (χ1n) is 4.79. The van der Waals surface area contributed by atoms with Crippen molar-refractivity contribution in [3.05, 3.63) is 27.2 Å². The summed E-state index contributed by atoms with van der Waals surface area (Å²) in [6.07, 6.45) is -4.51. The Morgan fingerprint density at radius 2 is 2.11 bits per heavy atom. The monoisotopic (exact) mass is 313 g/mol. The largest absolute Gasteiger partial charge is 0.452 e. The van der Waals surface area contributed by atoms with E-state index in [2.05, 4.69) is 14.7 Å². The maximum absolute atomic E-state index is 12.3. The van der Waals surface area contributed by atoms with E-state index in [1.54, 1.807) is 6.07 Å². The number of anilines is 1. The normalized spacial score (nSPS) is 13.6. The van der Waals surface area contributed by atoms with Gasteiger partial charge in [-0.3, -0.25) is 0 Å². The third-order valence-electron chi connectivity index (χ3n) is 2.04. The molecule has 0 fully saturated rings. The predicted molar refractivity (Wildman–Crippen MR) is 66.3 cm³/mol. The Morgan fingerprint density at radius 3 is 2.61 bits per heavy atom. The van der Waals surface area contributed by atoms with Crippen LogP contribution in [-0.4, -0.2) is 9.36 Å². The molecule has 0 spiro atoms. The summed E-state index contributed by atoms with van der Waals surface area (Å²) in [5.74, 6) is -1.12. The summed E-state index contributed by atoms with van der Waals surface area (Å²) in [6.45, 7) is 1.82. The van der Waals surface area contributed by atoms with Gasteiger partial charge in [0.2, 0.25) is 11.0 Å². The molecule has 0 bridgehead atoms. The lowest BCUT2D eigenvalue weighted by atomic mass is 10.3. The van der Waals surface area contributed by atoms with Gasteiger partial charge >= 0.3 is 6.18 Å². The smallest absolute Gasteiger partial charge is 0.353 e. The molecule has 0 aliphatic rings. The van der Waals surface area contributed by atoms with E-state index < -0.39 is 12.0 Å². The van der Waals surface area contributed by atoms with Crippen molar-refractivity contribution < 1.29 is 13.2 Å². The van der Waals surface area contributed by atoms with Crippen molar-refractivity contribution in [1.82, 2.24) is 9.36 Å². The fourth-order valence-electron chi connectivity index (χ4n) is 1.21. The van der Waals surface area contributed by atoms with Gasteiger partial charge in [-0.2, -0.15) is 22.5 Å². The highest BCUT2D eigenvalue weighted by Crippen LogP contribution is 2.32. The molecule has 1 atom stereocenters. The molecule has 2 heterocycles. The van der Waals surface area contributed by atoms with Crippen LogP contribution >= 0.6 is 34.5 Å². The fourth-order valence-corrected chi connectivity index (χ4v) is 2.95. The number of hydrogen-bond donors (Lipinski definition) is 1. The van der Waals surface area contributed by atoms with Crippen molar-refractivity contribution in [3.63, 3.8) is 0 Å². The number of rotatable bonds is 3. The molecule has 2 rings (SSSR count). The molecule has 2 aromatic rings. The molecule has 2 aromatic heterocycles. The number of alkyl halides is 3. The summed E-state index contributed by atoms with van der Waals surface area (Å²) in [5, 5.41) is 3.00. The number of nitrogens with zero attached hydrogens (tertiary/aromatic N) is 2. The van der Waals surface area contributed by atoms with Crippen LogP contribution in [0.25, 0.3) is 0 Å². The maximum Gasteiger partial charge on any atom is 0.452 e. The van der Waals surface area contributed by atoms with Crippen LogP contribution in [0.2, 0.25) is 4.34 Å². The van der Waals surface area contributed by atoms with E-state index in [-0.39, 0.29) is 11.2 Å². The molecule has 0 aliphatic carbocycles. The molecular weight excluding hydrogens is 307 g/mol. The van der Waals surface area contributed by atoms with Gasteiger partial charge in [0.1, 0.15) is 0 Å². The fraction of sp³-hybridized carbons (Fsp3) is 0.333. The predicted octanol–water partition coefficient (Wildman–Crippen LogP) is 4.44. The number of thiophene rings is 1. The second-order valence-electron chi connectivity index (χ2n) is 3.43. The Bertz CT molecular complexity index is 537. The minimum absolute atomic E-state index is 0.138. The van der Waals surface area contributed by atoms with Crippen LogP contribution in [0.1, 0.15) is 23.7 Å². The van der Waals surface area contributed by atoms with Crippen molar-refractivity contribution in [2.45, 2.75) is 19.1 Å². The first-order chi connectivity index (χ1) is 8.36. The van der Waals surface area contributed by atoms with Crippen LogP contribution in [0.3, 0.4) is 0 Å². The number of hydrogen-bond acceptors (Lipinski definition) is 5. The average Bonchev–Trinajstić information content (AvgIpc) is 2.85. The molecule has 0 aliphatic heterocycles. The molecular formula is C9H7ClF3N3S2.